The summed E-state index contributed by atoms with van der Waals surface area (Å²) >= 11 is 0. The molecule has 1 saturated heterocycles. The van der Waals surface area contributed by atoms with Gasteiger partial charge in [0.2, 0.25) is 0 Å². The molecule has 3 heterocycles. The van der Waals surface area contributed by atoms with E-state index in [4.69, 9.17) is 5.10 Å². The van der Waals surface area contributed by atoms with E-state index in [0.717, 1.165) is 30.8 Å². The number of aromatic nitrogens is 4. The highest BCUT2D eigenvalue weighted by Crippen LogP contribution is 2.31. The first-order valence-corrected chi connectivity index (χ1v) is 10.5. The minimum atomic E-state index is -0.299. The van der Waals surface area contributed by atoms with Crippen LogP contribution in [-0.4, -0.2) is 37.6 Å². The molecule has 6 nitrogen and oxygen atoms in total. The normalized spacial score (nSPS) is 19.3. The molecule has 0 aliphatic carbocycles. The lowest BCUT2D eigenvalue weighted by molar-refractivity contribution is 0.318. The van der Waals surface area contributed by atoms with Gasteiger partial charge < -0.3 is 4.98 Å². The second kappa shape index (κ2) is 7.74. The van der Waals surface area contributed by atoms with Crippen LogP contribution in [-0.2, 0) is 6.54 Å². The van der Waals surface area contributed by atoms with Crippen molar-refractivity contribution in [3.05, 3.63) is 87.9 Å². The molecule has 1 aliphatic rings. The highest BCUT2D eigenvalue weighted by Gasteiger charge is 2.33. The summed E-state index contributed by atoms with van der Waals surface area (Å²) in [7, 11) is 0. The molecule has 0 bridgehead atoms. The zero-order chi connectivity index (χ0) is 21.5. The topological polar surface area (TPSA) is 66.3 Å². The monoisotopic (exact) mass is 417 g/mol. The molecular weight excluding hydrogens is 393 g/mol. The third-order valence-corrected chi connectivity index (χ3v) is 6.14. The van der Waals surface area contributed by atoms with E-state index in [9.17, 15) is 9.18 Å². The van der Waals surface area contributed by atoms with E-state index < -0.39 is 0 Å². The van der Waals surface area contributed by atoms with Gasteiger partial charge in [0.05, 0.1) is 6.20 Å². The van der Waals surface area contributed by atoms with E-state index in [0.29, 0.717) is 23.1 Å². The Morgan fingerprint density at radius 1 is 1.16 bits per heavy atom. The summed E-state index contributed by atoms with van der Waals surface area (Å²) in [6, 6.07) is 14.9. The van der Waals surface area contributed by atoms with Gasteiger partial charge >= 0.3 is 0 Å². The number of aryl methyl sites for hydroxylation is 1. The maximum absolute atomic E-state index is 13.6. The number of hydrogen-bond donors (Lipinski definition) is 1. The lowest BCUT2D eigenvalue weighted by atomic mass is 9.97. The third kappa shape index (κ3) is 3.65. The van der Waals surface area contributed by atoms with E-state index in [1.807, 2.05) is 13.0 Å². The molecule has 2 aromatic carbocycles. The molecular formula is C24H24FN5O. The Bertz CT molecular complexity index is 1300. The minimum Gasteiger partial charge on any atom is -0.307 e. The molecule has 0 spiro atoms. The Balaban J connectivity index is 1.50. The van der Waals surface area contributed by atoms with E-state index >= 15 is 0 Å². The highest BCUT2D eigenvalue weighted by atomic mass is 19.1. The molecule has 1 aliphatic heterocycles. The largest absolute Gasteiger partial charge is 0.307 e. The van der Waals surface area contributed by atoms with Gasteiger partial charge in [0.1, 0.15) is 11.6 Å². The van der Waals surface area contributed by atoms with Crippen molar-refractivity contribution >= 4 is 5.52 Å². The van der Waals surface area contributed by atoms with E-state index in [-0.39, 0.29) is 17.3 Å². The molecule has 2 aromatic heterocycles. The molecule has 0 saturated carbocycles. The second-order valence-corrected chi connectivity index (χ2v) is 8.44. The zero-order valence-electron chi connectivity index (χ0n) is 17.5. The van der Waals surface area contributed by atoms with Crippen molar-refractivity contribution < 1.29 is 4.39 Å². The molecule has 2 atom stereocenters. The smallest absolute Gasteiger partial charge is 0.276 e. The fraction of sp³-hybridized carbons (Fsp3) is 0.292. The average Bonchev–Trinajstić information content (AvgIpc) is 3.32. The Hall–Kier alpha value is -3.32. The fourth-order valence-electron chi connectivity index (χ4n) is 4.54. The lowest BCUT2D eigenvalue weighted by Gasteiger charge is -2.16. The van der Waals surface area contributed by atoms with Crippen LogP contribution in [0.1, 0.15) is 29.8 Å². The predicted octanol–water partition coefficient (Wildman–Crippen LogP) is 3.77. The van der Waals surface area contributed by atoms with Gasteiger partial charge in [-0.1, -0.05) is 37.3 Å². The van der Waals surface area contributed by atoms with E-state index in [1.54, 1.807) is 10.6 Å². The van der Waals surface area contributed by atoms with Gasteiger partial charge in [0, 0.05) is 31.1 Å². The average molecular weight is 417 g/mol. The molecule has 158 valence electrons. The highest BCUT2D eigenvalue weighted by molar-refractivity contribution is 5.64. The molecule has 0 radical (unpaired) electrons. The van der Waals surface area contributed by atoms with Gasteiger partial charge in [-0.25, -0.2) is 13.9 Å². The van der Waals surface area contributed by atoms with Crippen LogP contribution in [0.25, 0.3) is 16.9 Å². The number of fused-ring (bicyclic) bond motifs is 1. The summed E-state index contributed by atoms with van der Waals surface area (Å²) in [5.74, 6) is 1.38. The van der Waals surface area contributed by atoms with Crippen molar-refractivity contribution in [2.24, 2.45) is 5.92 Å². The number of aromatic amines is 1. The molecule has 1 fully saturated rings. The fourth-order valence-corrected chi connectivity index (χ4v) is 4.54. The summed E-state index contributed by atoms with van der Waals surface area (Å²) in [4.78, 5) is 22.6. The second-order valence-electron chi connectivity index (χ2n) is 8.44. The quantitative estimate of drug-likeness (QED) is 0.549. The van der Waals surface area contributed by atoms with Crippen molar-refractivity contribution in [1.29, 1.82) is 0 Å². The SMILES string of the molecule is Cc1cc(F)ccc1-c1ncc2c(=O)[nH]c(C3CN(Cc4ccccc4)CC3C)nn12. The maximum Gasteiger partial charge on any atom is 0.276 e. The Labute approximate surface area is 179 Å². The van der Waals surface area contributed by atoms with Crippen LogP contribution in [0.15, 0.2) is 59.5 Å². The van der Waals surface area contributed by atoms with Crippen LogP contribution in [0.5, 0.6) is 0 Å². The first kappa shape index (κ1) is 19.6. The number of H-pyrrole nitrogens is 1. The molecule has 0 amide bonds. The molecule has 4 aromatic rings. The number of benzene rings is 2. The molecule has 7 heteroatoms. The molecule has 1 N–H and O–H groups in total. The molecule has 31 heavy (non-hydrogen) atoms. The lowest BCUT2D eigenvalue weighted by Crippen LogP contribution is -2.23. The number of rotatable bonds is 4. The molecule has 2 unspecified atom stereocenters. The van der Waals surface area contributed by atoms with Crippen LogP contribution in [0.2, 0.25) is 0 Å². The van der Waals surface area contributed by atoms with Crippen molar-refractivity contribution in [2.75, 3.05) is 13.1 Å². The van der Waals surface area contributed by atoms with E-state index in [1.165, 1.54) is 23.9 Å². The van der Waals surface area contributed by atoms with Gasteiger partial charge in [-0.15, -0.1) is 0 Å². The number of halogens is 1. The van der Waals surface area contributed by atoms with E-state index in [2.05, 4.69) is 46.1 Å². The van der Waals surface area contributed by atoms with Crippen molar-refractivity contribution in [3.63, 3.8) is 0 Å². The van der Waals surface area contributed by atoms with Gasteiger partial charge in [0.25, 0.3) is 5.56 Å². The number of imidazole rings is 1. The van der Waals surface area contributed by atoms with Crippen LogP contribution in [0, 0.1) is 18.7 Å². The minimum absolute atomic E-state index is 0.116. The van der Waals surface area contributed by atoms with Crippen LogP contribution >= 0.6 is 0 Å². The van der Waals surface area contributed by atoms with Crippen molar-refractivity contribution in [2.45, 2.75) is 26.3 Å². The Morgan fingerprint density at radius 3 is 2.74 bits per heavy atom. The summed E-state index contributed by atoms with van der Waals surface area (Å²) in [5.41, 5.74) is 2.96. The number of hydrogen-bond acceptors (Lipinski definition) is 4. The van der Waals surface area contributed by atoms with Gasteiger partial charge in [-0.2, -0.15) is 5.10 Å². The van der Waals surface area contributed by atoms with Crippen LogP contribution in [0.4, 0.5) is 4.39 Å². The number of nitrogens with zero attached hydrogens (tertiary/aromatic N) is 4. The van der Waals surface area contributed by atoms with Crippen molar-refractivity contribution in [1.82, 2.24) is 24.5 Å². The number of likely N-dealkylation sites (tertiary alicyclic amines) is 1. The summed E-state index contributed by atoms with van der Waals surface area (Å²) in [6.07, 6.45) is 1.52. The molecule has 5 rings (SSSR count). The van der Waals surface area contributed by atoms with Crippen LogP contribution in [0.3, 0.4) is 0 Å². The third-order valence-electron chi connectivity index (χ3n) is 6.14. The predicted molar refractivity (Wildman–Crippen MR) is 117 cm³/mol. The zero-order valence-corrected chi connectivity index (χ0v) is 17.5. The Morgan fingerprint density at radius 2 is 1.97 bits per heavy atom. The summed E-state index contributed by atoms with van der Waals surface area (Å²) < 4.78 is 15.2. The van der Waals surface area contributed by atoms with Gasteiger partial charge in [0.15, 0.2) is 11.3 Å². The summed E-state index contributed by atoms with van der Waals surface area (Å²) in [6.45, 7) is 6.66. The van der Waals surface area contributed by atoms with Gasteiger partial charge in [-0.05, 0) is 42.2 Å². The standard InChI is InChI=1S/C24H24FN5O/c1-15-10-18(25)8-9-19(15)23-26-11-21-24(31)27-22(28-30(21)23)20-14-29(12-16(20)2)13-17-6-4-3-5-7-17/h3-11,16,20H,12-14H2,1-2H3,(H,27,28,31). The first-order chi connectivity index (χ1) is 15.0. The maximum atomic E-state index is 13.6. The Kier molecular flexibility index (Phi) is 4.90. The van der Waals surface area contributed by atoms with Crippen molar-refractivity contribution in [3.8, 4) is 11.4 Å². The van der Waals surface area contributed by atoms with Crippen LogP contribution < -0.4 is 5.56 Å². The summed E-state index contributed by atoms with van der Waals surface area (Å²) in [5, 5.41) is 4.79. The first-order valence-electron chi connectivity index (χ1n) is 10.5. The number of nitrogens with one attached hydrogen (secondary N) is 1. The van der Waals surface area contributed by atoms with Gasteiger partial charge in [-0.3, -0.25) is 9.69 Å².